The number of rotatable bonds is 5. The van der Waals surface area contributed by atoms with Gasteiger partial charge in [-0.2, -0.15) is 0 Å². The molecule has 1 saturated heterocycles. The number of hydrogen-bond donors (Lipinski definition) is 1. The zero-order valence-electron chi connectivity index (χ0n) is 16.7. The number of aryl methyl sites for hydroxylation is 1. The standard InChI is InChI=1S/C22H24N6O/c1-16(29)18-6-8-19(9-7-18)26-20-15-22(25-17(2)24-20)28-13-11-27(12-14-28)21-5-3-4-10-23-21/h3-10,15H,11-14H2,1-2H3,(H,24,25,26). The fourth-order valence-electron chi connectivity index (χ4n) is 3.42. The molecule has 0 aliphatic carbocycles. The van der Waals surface area contributed by atoms with Crippen molar-refractivity contribution >= 4 is 28.9 Å². The van der Waals surface area contributed by atoms with E-state index in [0.717, 1.165) is 55.1 Å². The molecule has 0 saturated carbocycles. The van der Waals surface area contributed by atoms with Gasteiger partial charge in [-0.15, -0.1) is 0 Å². The van der Waals surface area contributed by atoms with Gasteiger partial charge < -0.3 is 15.1 Å². The molecule has 1 aliphatic rings. The molecule has 0 unspecified atom stereocenters. The van der Waals surface area contributed by atoms with Crippen LogP contribution in [0.15, 0.2) is 54.7 Å². The van der Waals surface area contributed by atoms with E-state index in [2.05, 4.69) is 30.1 Å². The van der Waals surface area contributed by atoms with Crippen LogP contribution in [-0.4, -0.2) is 46.9 Å². The number of carbonyl (C=O) groups excluding carboxylic acids is 1. The Morgan fingerprint density at radius 3 is 2.24 bits per heavy atom. The summed E-state index contributed by atoms with van der Waals surface area (Å²) in [5.74, 6) is 3.46. The molecule has 1 aromatic carbocycles. The van der Waals surface area contributed by atoms with Crippen LogP contribution in [0.2, 0.25) is 0 Å². The quantitative estimate of drug-likeness (QED) is 0.671. The normalized spacial score (nSPS) is 14.0. The molecule has 1 aliphatic heterocycles. The highest BCUT2D eigenvalue weighted by Crippen LogP contribution is 2.22. The van der Waals surface area contributed by atoms with Gasteiger partial charge in [0, 0.05) is 49.7 Å². The van der Waals surface area contributed by atoms with Gasteiger partial charge in [-0.25, -0.2) is 15.0 Å². The topological polar surface area (TPSA) is 74.2 Å². The first kappa shape index (κ1) is 18.9. The summed E-state index contributed by atoms with van der Waals surface area (Å²) in [6.07, 6.45) is 1.83. The number of benzene rings is 1. The van der Waals surface area contributed by atoms with Crippen molar-refractivity contribution in [2.75, 3.05) is 41.3 Å². The number of nitrogens with one attached hydrogen (secondary N) is 1. The minimum atomic E-state index is 0.0570. The second kappa shape index (κ2) is 8.26. The predicted molar refractivity (Wildman–Crippen MR) is 115 cm³/mol. The smallest absolute Gasteiger partial charge is 0.159 e. The third-order valence-electron chi connectivity index (χ3n) is 4.97. The molecule has 1 fully saturated rings. The molecule has 148 valence electrons. The Labute approximate surface area is 170 Å². The number of aromatic nitrogens is 3. The minimum Gasteiger partial charge on any atom is -0.353 e. The predicted octanol–water partition coefficient (Wildman–Crippen LogP) is 3.45. The average molecular weight is 388 g/mol. The van der Waals surface area contributed by atoms with Crippen LogP contribution in [0.4, 0.5) is 23.1 Å². The summed E-state index contributed by atoms with van der Waals surface area (Å²) < 4.78 is 0. The van der Waals surface area contributed by atoms with Crippen LogP contribution in [0.25, 0.3) is 0 Å². The molecule has 3 aromatic rings. The first-order valence-electron chi connectivity index (χ1n) is 9.73. The molecule has 2 aromatic heterocycles. The van der Waals surface area contributed by atoms with Crippen molar-refractivity contribution in [2.45, 2.75) is 13.8 Å². The van der Waals surface area contributed by atoms with Gasteiger partial charge in [-0.05, 0) is 50.2 Å². The first-order valence-corrected chi connectivity index (χ1v) is 9.73. The average Bonchev–Trinajstić information content (AvgIpc) is 2.74. The van der Waals surface area contributed by atoms with Crippen molar-refractivity contribution in [1.29, 1.82) is 0 Å². The molecule has 1 N–H and O–H groups in total. The molecule has 29 heavy (non-hydrogen) atoms. The van der Waals surface area contributed by atoms with E-state index in [1.807, 2.05) is 61.7 Å². The van der Waals surface area contributed by atoms with E-state index in [0.29, 0.717) is 5.56 Å². The van der Waals surface area contributed by atoms with E-state index in [-0.39, 0.29) is 5.78 Å². The van der Waals surface area contributed by atoms with E-state index in [4.69, 9.17) is 0 Å². The van der Waals surface area contributed by atoms with Crippen LogP contribution in [0.5, 0.6) is 0 Å². The molecule has 7 nitrogen and oxygen atoms in total. The van der Waals surface area contributed by atoms with Crippen LogP contribution in [0, 0.1) is 6.92 Å². The highest BCUT2D eigenvalue weighted by Gasteiger charge is 2.19. The highest BCUT2D eigenvalue weighted by atomic mass is 16.1. The van der Waals surface area contributed by atoms with Gasteiger partial charge in [-0.3, -0.25) is 4.79 Å². The Morgan fingerprint density at radius 1 is 0.931 bits per heavy atom. The monoisotopic (exact) mass is 388 g/mol. The number of piperazine rings is 1. The van der Waals surface area contributed by atoms with Gasteiger partial charge in [0.25, 0.3) is 0 Å². The third-order valence-corrected chi connectivity index (χ3v) is 4.97. The molecule has 0 spiro atoms. The number of Topliss-reactive ketones (excluding diaryl/α,β-unsaturated/α-hetero) is 1. The summed E-state index contributed by atoms with van der Waals surface area (Å²) >= 11 is 0. The number of nitrogens with zero attached hydrogens (tertiary/aromatic N) is 5. The molecule has 0 atom stereocenters. The third kappa shape index (κ3) is 4.51. The lowest BCUT2D eigenvalue weighted by molar-refractivity contribution is 0.101. The lowest BCUT2D eigenvalue weighted by atomic mass is 10.1. The molecule has 0 radical (unpaired) electrons. The van der Waals surface area contributed by atoms with Crippen molar-refractivity contribution in [3.63, 3.8) is 0 Å². The largest absolute Gasteiger partial charge is 0.353 e. The van der Waals surface area contributed by atoms with Crippen molar-refractivity contribution in [3.8, 4) is 0 Å². The SMILES string of the molecule is CC(=O)c1ccc(Nc2cc(N3CCN(c4ccccn4)CC3)nc(C)n2)cc1. The van der Waals surface area contributed by atoms with Gasteiger partial charge in [-0.1, -0.05) is 6.07 Å². The Morgan fingerprint density at radius 2 is 1.62 bits per heavy atom. The van der Waals surface area contributed by atoms with Gasteiger partial charge in [0.05, 0.1) is 0 Å². The second-order valence-corrected chi connectivity index (χ2v) is 7.08. The minimum absolute atomic E-state index is 0.0570. The van der Waals surface area contributed by atoms with E-state index < -0.39 is 0 Å². The van der Waals surface area contributed by atoms with Crippen LogP contribution in [0.1, 0.15) is 23.1 Å². The Bertz CT molecular complexity index is 982. The number of hydrogen-bond acceptors (Lipinski definition) is 7. The molecule has 0 bridgehead atoms. The summed E-state index contributed by atoms with van der Waals surface area (Å²) in [5.41, 5.74) is 1.58. The molecular weight excluding hydrogens is 364 g/mol. The zero-order valence-corrected chi connectivity index (χ0v) is 16.7. The van der Waals surface area contributed by atoms with E-state index >= 15 is 0 Å². The fourth-order valence-corrected chi connectivity index (χ4v) is 3.42. The molecular formula is C22H24N6O. The van der Waals surface area contributed by atoms with E-state index in [1.54, 1.807) is 6.92 Å². The van der Waals surface area contributed by atoms with Crippen molar-refractivity contribution in [2.24, 2.45) is 0 Å². The van der Waals surface area contributed by atoms with Crippen LogP contribution in [-0.2, 0) is 0 Å². The Hall–Kier alpha value is -3.48. The summed E-state index contributed by atoms with van der Waals surface area (Å²) in [4.78, 5) is 29.6. The number of carbonyl (C=O) groups is 1. The van der Waals surface area contributed by atoms with Crippen molar-refractivity contribution in [3.05, 3.63) is 66.1 Å². The van der Waals surface area contributed by atoms with Crippen molar-refractivity contribution < 1.29 is 4.79 Å². The summed E-state index contributed by atoms with van der Waals surface area (Å²) in [5, 5.41) is 3.32. The van der Waals surface area contributed by atoms with Gasteiger partial charge in [0.2, 0.25) is 0 Å². The summed E-state index contributed by atoms with van der Waals surface area (Å²) in [6.45, 7) is 7.01. The molecule has 0 amide bonds. The highest BCUT2D eigenvalue weighted by molar-refractivity contribution is 5.94. The second-order valence-electron chi connectivity index (χ2n) is 7.08. The molecule has 3 heterocycles. The van der Waals surface area contributed by atoms with Crippen LogP contribution < -0.4 is 15.1 Å². The number of ketones is 1. The summed E-state index contributed by atoms with van der Waals surface area (Å²) in [6, 6.07) is 15.4. The maximum absolute atomic E-state index is 11.4. The van der Waals surface area contributed by atoms with Crippen molar-refractivity contribution in [1.82, 2.24) is 15.0 Å². The summed E-state index contributed by atoms with van der Waals surface area (Å²) in [7, 11) is 0. The van der Waals surface area contributed by atoms with Crippen LogP contribution in [0.3, 0.4) is 0 Å². The number of pyridine rings is 1. The molecule has 7 heteroatoms. The van der Waals surface area contributed by atoms with Crippen LogP contribution >= 0.6 is 0 Å². The maximum Gasteiger partial charge on any atom is 0.159 e. The Balaban J connectivity index is 1.45. The van der Waals surface area contributed by atoms with E-state index in [1.165, 1.54) is 0 Å². The Kier molecular flexibility index (Phi) is 5.37. The van der Waals surface area contributed by atoms with Gasteiger partial charge >= 0.3 is 0 Å². The van der Waals surface area contributed by atoms with Gasteiger partial charge in [0.15, 0.2) is 5.78 Å². The maximum atomic E-state index is 11.4. The first-order chi connectivity index (χ1) is 14.1. The lowest BCUT2D eigenvalue weighted by Crippen LogP contribution is -2.47. The number of anilines is 4. The lowest BCUT2D eigenvalue weighted by Gasteiger charge is -2.36. The van der Waals surface area contributed by atoms with E-state index in [9.17, 15) is 4.79 Å². The molecule has 4 rings (SSSR count). The van der Waals surface area contributed by atoms with Gasteiger partial charge in [0.1, 0.15) is 23.3 Å². The fraction of sp³-hybridized carbons (Fsp3) is 0.273. The zero-order chi connectivity index (χ0) is 20.2.